The van der Waals surface area contributed by atoms with Crippen molar-refractivity contribution in [1.29, 1.82) is 0 Å². The molecule has 0 aromatic heterocycles. The van der Waals surface area contributed by atoms with Crippen molar-refractivity contribution < 1.29 is 28.5 Å². The fourth-order valence-electron chi connectivity index (χ4n) is 7.71. The van der Waals surface area contributed by atoms with Crippen molar-refractivity contribution in [3.63, 3.8) is 0 Å². The number of hydrogen-bond donors (Lipinski definition) is 0. The molecular formula is C57H50N2O6. The van der Waals surface area contributed by atoms with Crippen molar-refractivity contribution in [2.75, 3.05) is 16.9 Å². The Morgan fingerprint density at radius 3 is 0.985 bits per heavy atom. The lowest BCUT2D eigenvalue weighted by Gasteiger charge is -2.26. The lowest BCUT2D eigenvalue weighted by Crippen LogP contribution is -2.19. The molecule has 8 nitrogen and oxygen atoms in total. The molecule has 0 aliphatic carbocycles. The van der Waals surface area contributed by atoms with Crippen molar-refractivity contribution in [2.24, 2.45) is 0 Å². The van der Waals surface area contributed by atoms with Crippen LogP contribution in [0.5, 0.6) is 23.0 Å². The van der Waals surface area contributed by atoms with Gasteiger partial charge in [0.25, 0.3) is 0 Å². The number of hydrogen-bond acceptors (Lipinski definition) is 8. The molecule has 0 heterocycles. The lowest BCUT2D eigenvalue weighted by atomic mass is 9.78. The second-order valence-electron chi connectivity index (χ2n) is 16.3. The van der Waals surface area contributed by atoms with E-state index in [2.05, 4.69) is 147 Å². The van der Waals surface area contributed by atoms with Crippen molar-refractivity contribution in [2.45, 2.75) is 40.0 Å². The van der Waals surface area contributed by atoms with Gasteiger partial charge in [0.05, 0.1) is 7.11 Å². The number of ether oxygens (including phenoxy) is 4. The fraction of sp³-hybridized carbons (Fsp3) is 0.123. The number of nitrogens with zero attached hydrogens (tertiary/aromatic N) is 2. The van der Waals surface area contributed by atoms with Crippen LogP contribution in [0.25, 0.3) is 11.1 Å². The molecule has 0 bridgehead atoms. The summed E-state index contributed by atoms with van der Waals surface area (Å²) in [6.07, 6.45) is -0.839. The average Bonchev–Trinajstić information content (AvgIpc) is 3.32. The molecule has 8 aromatic rings. The number of rotatable bonds is 13. The van der Waals surface area contributed by atoms with E-state index in [-0.39, 0.29) is 11.4 Å². The van der Waals surface area contributed by atoms with Gasteiger partial charge in [0.15, 0.2) is 0 Å². The van der Waals surface area contributed by atoms with Crippen LogP contribution < -0.4 is 28.7 Å². The van der Waals surface area contributed by atoms with Crippen molar-refractivity contribution in [1.82, 2.24) is 0 Å². The first-order chi connectivity index (χ1) is 31.4. The highest BCUT2D eigenvalue weighted by Crippen LogP contribution is 2.39. The highest BCUT2D eigenvalue weighted by molar-refractivity contribution is 5.81. The first-order valence-corrected chi connectivity index (χ1v) is 21.4. The molecule has 0 aliphatic rings. The molecule has 0 spiro atoms. The predicted octanol–water partition coefficient (Wildman–Crippen LogP) is 14.7. The van der Waals surface area contributed by atoms with Crippen LogP contribution in [0, 0.1) is 13.8 Å². The molecule has 0 saturated carbocycles. The van der Waals surface area contributed by atoms with Gasteiger partial charge in [-0.05, 0) is 157 Å². The summed E-state index contributed by atoms with van der Waals surface area (Å²) in [5.74, 6) is 1.65. The second kappa shape index (κ2) is 19.1. The van der Waals surface area contributed by atoms with Crippen LogP contribution >= 0.6 is 0 Å². The molecule has 0 aliphatic heterocycles. The van der Waals surface area contributed by atoms with E-state index in [1.165, 1.54) is 12.5 Å². The van der Waals surface area contributed by atoms with Gasteiger partial charge in [-0.25, -0.2) is 4.79 Å². The largest absolute Gasteiger partial charge is 0.519 e. The number of carbonyl (C=O) groups is 2. The molecule has 0 radical (unpaired) electrons. The third kappa shape index (κ3) is 10.2. The van der Waals surface area contributed by atoms with Gasteiger partial charge in [-0.15, -0.1) is 0 Å². The summed E-state index contributed by atoms with van der Waals surface area (Å²) >= 11 is 0. The van der Waals surface area contributed by atoms with Gasteiger partial charge in [0.2, 0.25) is 0 Å². The van der Waals surface area contributed by atoms with E-state index in [4.69, 9.17) is 18.9 Å². The Morgan fingerprint density at radius 1 is 0.385 bits per heavy atom. The molecule has 0 amide bonds. The summed E-state index contributed by atoms with van der Waals surface area (Å²) in [6.45, 7) is 9.74. The minimum atomic E-state index is -0.839. The van der Waals surface area contributed by atoms with Crippen molar-refractivity contribution >= 4 is 46.2 Å². The molecule has 8 rings (SSSR count). The number of esters is 1. The highest BCUT2D eigenvalue weighted by Gasteiger charge is 2.24. The molecule has 0 saturated heterocycles. The fourth-order valence-corrected chi connectivity index (χ4v) is 7.71. The molecule has 8 heteroatoms. The van der Waals surface area contributed by atoms with Gasteiger partial charge < -0.3 is 28.7 Å². The first kappa shape index (κ1) is 43.5. The zero-order chi connectivity index (χ0) is 45.5. The van der Waals surface area contributed by atoms with Gasteiger partial charge in [0, 0.05) is 46.5 Å². The second-order valence-corrected chi connectivity index (χ2v) is 16.3. The lowest BCUT2D eigenvalue weighted by molar-refractivity contribution is -0.131. The number of carbonyl (C=O) groups excluding carboxylic acids is 2. The van der Waals surface area contributed by atoms with Gasteiger partial charge in [-0.3, -0.25) is 4.79 Å². The predicted molar refractivity (Wildman–Crippen MR) is 260 cm³/mol. The van der Waals surface area contributed by atoms with Crippen LogP contribution in [0.1, 0.15) is 43.0 Å². The molecule has 65 heavy (non-hydrogen) atoms. The van der Waals surface area contributed by atoms with Crippen LogP contribution in [0.3, 0.4) is 0 Å². The summed E-state index contributed by atoms with van der Waals surface area (Å²) in [7, 11) is 1.68. The summed E-state index contributed by atoms with van der Waals surface area (Å²) in [6, 6.07) is 64.3. The Morgan fingerprint density at radius 2 is 0.662 bits per heavy atom. The van der Waals surface area contributed by atoms with Gasteiger partial charge >= 0.3 is 12.1 Å². The van der Waals surface area contributed by atoms with E-state index in [0.717, 1.165) is 67.7 Å². The zero-order valence-corrected chi connectivity index (χ0v) is 37.3. The van der Waals surface area contributed by atoms with Gasteiger partial charge in [-0.1, -0.05) is 97.8 Å². The standard InChI is InChI=1S/C57H50N2O6/c1-39-7-19-46(20-8-39)58(50-27-35-52(62-6)36-28-50)48-23-11-42(12-24-48)43-13-25-49(26-14-43)59(47-21-9-40(2)10-22-47)51-29-37-55(38-30-51)65-56(61)64-54-33-17-45(18-34-54)57(4,5)44-15-31-53(32-16-44)63-41(3)60/h7-38H,1-6H3. The van der Waals surface area contributed by atoms with Crippen LogP contribution in [0.2, 0.25) is 0 Å². The molecule has 0 atom stereocenters. The van der Waals surface area contributed by atoms with E-state index in [9.17, 15) is 9.59 Å². The maximum atomic E-state index is 13.0. The minimum absolute atomic E-state index is 0.351. The normalized spacial score (nSPS) is 11.0. The van der Waals surface area contributed by atoms with Crippen molar-refractivity contribution in [3.8, 4) is 34.1 Å². The maximum Gasteiger partial charge on any atom is 0.519 e. The van der Waals surface area contributed by atoms with Crippen LogP contribution in [0.4, 0.5) is 38.9 Å². The van der Waals surface area contributed by atoms with E-state index in [1.54, 1.807) is 43.5 Å². The Kier molecular flexibility index (Phi) is 12.8. The monoisotopic (exact) mass is 858 g/mol. The number of aryl methyl sites for hydroxylation is 2. The van der Waals surface area contributed by atoms with E-state index < -0.39 is 6.16 Å². The Labute approximate surface area is 380 Å². The van der Waals surface area contributed by atoms with Gasteiger partial charge in [-0.2, -0.15) is 0 Å². The minimum Gasteiger partial charge on any atom is -0.497 e. The zero-order valence-electron chi connectivity index (χ0n) is 37.3. The molecule has 0 fully saturated rings. The quantitative estimate of drug-likeness (QED) is 0.0644. The van der Waals surface area contributed by atoms with Crippen molar-refractivity contribution in [3.05, 3.63) is 216 Å². The Balaban J connectivity index is 0.960. The smallest absolute Gasteiger partial charge is 0.497 e. The molecule has 0 unspecified atom stereocenters. The Hall–Kier alpha value is -8.10. The van der Waals surface area contributed by atoms with Crippen LogP contribution in [0.15, 0.2) is 194 Å². The summed E-state index contributed by atoms with van der Waals surface area (Å²) in [5, 5.41) is 0. The molecule has 0 N–H and O–H groups in total. The van der Waals surface area contributed by atoms with Crippen LogP contribution in [-0.4, -0.2) is 19.2 Å². The number of methoxy groups -OCH3 is 1. The Bertz CT molecular complexity index is 2860. The highest BCUT2D eigenvalue weighted by atomic mass is 16.7. The summed E-state index contributed by atoms with van der Waals surface area (Å²) in [4.78, 5) is 28.7. The SMILES string of the molecule is COc1ccc(N(c2ccc(C)cc2)c2ccc(-c3ccc(N(c4ccc(C)cc4)c4ccc(OC(=O)Oc5ccc(C(C)(C)c6ccc(OC(C)=O)cc6)cc5)cc4)cc3)cc2)cc1. The van der Waals surface area contributed by atoms with Gasteiger partial charge in [0.1, 0.15) is 23.0 Å². The molecule has 324 valence electrons. The number of benzene rings is 8. The topological polar surface area (TPSA) is 77.5 Å². The maximum absolute atomic E-state index is 13.0. The summed E-state index contributed by atoms with van der Waals surface area (Å²) in [5.41, 5.74) is 12.2. The molecular weight excluding hydrogens is 809 g/mol. The van der Waals surface area contributed by atoms with Crippen LogP contribution in [-0.2, 0) is 10.2 Å². The third-order valence-corrected chi connectivity index (χ3v) is 11.4. The van der Waals surface area contributed by atoms with E-state index in [0.29, 0.717) is 17.2 Å². The van der Waals surface area contributed by atoms with E-state index in [1.807, 2.05) is 48.5 Å². The molecule has 8 aromatic carbocycles. The number of anilines is 6. The third-order valence-electron chi connectivity index (χ3n) is 11.4. The summed E-state index contributed by atoms with van der Waals surface area (Å²) < 4.78 is 21.8. The first-order valence-electron chi connectivity index (χ1n) is 21.4. The average molecular weight is 859 g/mol. The van der Waals surface area contributed by atoms with E-state index >= 15 is 0 Å².